The van der Waals surface area contributed by atoms with Gasteiger partial charge in [-0.25, -0.2) is 8.42 Å². The molecular weight excluding hydrogens is 384 g/mol. The average molecular weight is 399 g/mol. The van der Waals surface area contributed by atoms with Gasteiger partial charge in [-0.2, -0.15) is 10.4 Å². The summed E-state index contributed by atoms with van der Waals surface area (Å²) < 4.78 is 25.3. The number of hydrogen-bond acceptors (Lipinski definition) is 5. The molecule has 0 amide bonds. The van der Waals surface area contributed by atoms with E-state index >= 15 is 0 Å². The molecule has 0 bridgehead atoms. The number of allylic oxidation sites excluding steroid dienone is 1. The maximum atomic E-state index is 12.7. The average Bonchev–Trinajstić information content (AvgIpc) is 3.11. The van der Waals surface area contributed by atoms with Crippen LogP contribution in [0.1, 0.15) is 5.56 Å². The Balaban J connectivity index is 1.91. The smallest absolute Gasteiger partial charge is 0.218 e. The fraction of sp³-hybridized carbons (Fsp3) is 0.0526. The van der Waals surface area contributed by atoms with Gasteiger partial charge < -0.3 is 5.32 Å². The third kappa shape index (κ3) is 4.03. The van der Waals surface area contributed by atoms with Gasteiger partial charge in [-0.15, -0.1) is 0 Å². The zero-order valence-electron chi connectivity index (χ0n) is 14.3. The maximum Gasteiger partial charge on any atom is 0.218 e. The minimum absolute atomic E-state index is 0.0604. The molecule has 3 rings (SSSR count). The second-order valence-corrected chi connectivity index (χ2v) is 8.10. The number of sulfone groups is 1. The van der Waals surface area contributed by atoms with Crippen molar-refractivity contribution in [1.29, 1.82) is 5.26 Å². The van der Waals surface area contributed by atoms with Crippen molar-refractivity contribution in [2.45, 2.75) is 11.8 Å². The molecule has 0 aliphatic heterocycles. The highest BCUT2D eigenvalue weighted by Crippen LogP contribution is 2.27. The number of nitrogens with zero attached hydrogens (tertiary/aromatic N) is 2. The monoisotopic (exact) mass is 398 g/mol. The first-order valence-electron chi connectivity index (χ1n) is 7.89. The lowest BCUT2D eigenvalue weighted by molar-refractivity contribution is 0.603. The van der Waals surface area contributed by atoms with Gasteiger partial charge in [0, 0.05) is 16.8 Å². The molecule has 0 fully saturated rings. The number of rotatable bonds is 5. The van der Waals surface area contributed by atoms with Crippen molar-refractivity contribution in [2.24, 2.45) is 0 Å². The van der Waals surface area contributed by atoms with Crippen LogP contribution < -0.4 is 5.32 Å². The SMILES string of the molecule is Cc1ccc(S(=O)(=O)/C(C#N)=C/Nc2[nH]ncc2-c2ccc(Cl)cc2)cc1. The number of aryl methyl sites for hydroxylation is 1. The highest BCUT2D eigenvalue weighted by molar-refractivity contribution is 7.95. The molecule has 0 radical (unpaired) electrons. The molecule has 0 aliphatic rings. The molecule has 3 aromatic rings. The molecule has 8 heteroatoms. The van der Waals surface area contributed by atoms with Crippen molar-refractivity contribution in [3.63, 3.8) is 0 Å². The van der Waals surface area contributed by atoms with Gasteiger partial charge in [0.25, 0.3) is 0 Å². The number of halogens is 1. The van der Waals surface area contributed by atoms with Gasteiger partial charge in [0.2, 0.25) is 9.84 Å². The molecule has 136 valence electrons. The summed E-state index contributed by atoms with van der Waals surface area (Å²) in [6.07, 6.45) is 2.75. The largest absolute Gasteiger partial charge is 0.344 e. The Kier molecular flexibility index (Phi) is 5.31. The second kappa shape index (κ2) is 7.66. The summed E-state index contributed by atoms with van der Waals surface area (Å²) in [7, 11) is -3.92. The van der Waals surface area contributed by atoms with E-state index < -0.39 is 14.7 Å². The van der Waals surface area contributed by atoms with Crippen LogP contribution in [-0.4, -0.2) is 18.6 Å². The van der Waals surface area contributed by atoms with Crippen LogP contribution in [0.4, 0.5) is 5.82 Å². The Morgan fingerprint density at radius 1 is 1.19 bits per heavy atom. The molecule has 0 saturated heterocycles. The first-order chi connectivity index (χ1) is 12.9. The zero-order valence-corrected chi connectivity index (χ0v) is 15.8. The summed E-state index contributed by atoms with van der Waals surface area (Å²) >= 11 is 5.90. The van der Waals surface area contributed by atoms with Gasteiger partial charge >= 0.3 is 0 Å². The standard InChI is InChI=1S/C19H15ClN4O2S/c1-13-2-8-16(9-3-13)27(25,26)17(10-21)11-22-19-18(12-23-24-19)14-4-6-15(20)7-5-14/h2-9,11-12H,1H3,(H2,22,23,24)/b17-11+. The lowest BCUT2D eigenvalue weighted by Gasteiger charge is -2.06. The number of aromatic amines is 1. The molecule has 0 saturated carbocycles. The molecule has 2 aromatic carbocycles. The number of nitriles is 1. The van der Waals surface area contributed by atoms with E-state index in [9.17, 15) is 13.7 Å². The van der Waals surface area contributed by atoms with Gasteiger partial charge in [-0.05, 0) is 36.8 Å². The number of aromatic nitrogens is 2. The minimum Gasteiger partial charge on any atom is -0.344 e. The molecule has 2 N–H and O–H groups in total. The molecule has 0 atom stereocenters. The van der Waals surface area contributed by atoms with Crippen molar-refractivity contribution in [3.05, 3.63) is 76.4 Å². The van der Waals surface area contributed by atoms with Gasteiger partial charge in [-0.3, -0.25) is 5.10 Å². The van der Waals surface area contributed by atoms with E-state index in [2.05, 4.69) is 15.5 Å². The number of H-pyrrole nitrogens is 1. The summed E-state index contributed by atoms with van der Waals surface area (Å²) in [5, 5.41) is 19.5. The van der Waals surface area contributed by atoms with E-state index in [4.69, 9.17) is 11.6 Å². The summed E-state index contributed by atoms with van der Waals surface area (Å²) in [6, 6.07) is 15.2. The Hall–Kier alpha value is -3.08. The second-order valence-electron chi connectivity index (χ2n) is 5.75. The lowest BCUT2D eigenvalue weighted by atomic mass is 10.1. The topological polar surface area (TPSA) is 98.6 Å². The normalized spacial score (nSPS) is 11.8. The third-order valence-corrected chi connectivity index (χ3v) is 5.81. The van der Waals surface area contributed by atoms with Gasteiger partial charge in [0.15, 0.2) is 4.91 Å². The van der Waals surface area contributed by atoms with Crippen LogP contribution in [0.5, 0.6) is 0 Å². The first-order valence-corrected chi connectivity index (χ1v) is 9.76. The highest BCUT2D eigenvalue weighted by atomic mass is 35.5. The van der Waals surface area contributed by atoms with Gasteiger partial charge in [0.05, 0.1) is 11.1 Å². The maximum absolute atomic E-state index is 12.7. The molecule has 0 spiro atoms. The summed E-state index contributed by atoms with van der Waals surface area (Å²) in [5.74, 6) is 0.462. The summed E-state index contributed by atoms with van der Waals surface area (Å²) in [6.45, 7) is 1.86. The van der Waals surface area contributed by atoms with E-state index in [0.29, 0.717) is 16.4 Å². The van der Waals surface area contributed by atoms with Crippen LogP contribution in [-0.2, 0) is 9.84 Å². The fourth-order valence-electron chi connectivity index (χ4n) is 2.40. The highest BCUT2D eigenvalue weighted by Gasteiger charge is 2.21. The predicted molar refractivity (Wildman–Crippen MR) is 105 cm³/mol. The number of nitrogens with one attached hydrogen (secondary N) is 2. The van der Waals surface area contributed by atoms with Crippen molar-refractivity contribution < 1.29 is 8.42 Å². The number of hydrogen-bond donors (Lipinski definition) is 2. The van der Waals surface area contributed by atoms with E-state index in [1.54, 1.807) is 36.5 Å². The molecule has 0 aliphatic carbocycles. The van der Waals surface area contributed by atoms with E-state index in [1.165, 1.54) is 12.1 Å². The van der Waals surface area contributed by atoms with Crippen LogP contribution in [0.2, 0.25) is 5.02 Å². The Labute approximate surface area is 162 Å². The van der Waals surface area contributed by atoms with Crippen LogP contribution in [0.3, 0.4) is 0 Å². The zero-order chi connectivity index (χ0) is 19.4. The van der Waals surface area contributed by atoms with E-state index in [-0.39, 0.29) is 4.90 Å². The number of benzene rings is 2. The Morgan fingerprint density at radius 3 is 2.48 bits per heavy atom. The first kappa shape index (κ1) is 18.7. The van der Waals surface area contributed by atoms with Gasteiger partial charge in [0.1, 0.15) is 11.9 Å². The Morgan fingerprint density at radius 2 is 1.85 bits per heavy atom. The van der Waals surface area contributed by atoms with Crippen LogP contribution in [0.15, 0.2) is 70.7 Å². The molecule has 27 heavy (non-hydrogen) atoms. The van der Waals surface area contributed by atoms with Crippen molar-refractivity contribution in [2.75, 3.05) is 5.32 Å². The summed E-state index contributed by atoms with van der Waals surface area (Å²) in [5.41, 5.74) is 2.48. The van der Waals surface area contributed by atoms with Crippen molar-refractivity contribution in [3.8, 4) is 17.2 Å². The van der Waals surface area contributed by atoms with E-state index in [0.717, 1.165) is 17.3 Å². The fourth-order valence-corrected chi connectivity index (χ4v) is 3.61. The predicted octanol–water partition coefficient (Wildman–Crippen LogP) is 4.29. The molecule has 1 aromatic heterocycles. The van der Waals surface area contributed by atoms with Crippen molar-refractivity contribution >= 4 is 27.3 Å². The third-order valence-electron chi connectivity index (χ3n) is 3.87. The van der Waals surface area contributed by atoms with E-state index in [1.807, 2.05) is 19.1 Å². The lowest BCUT2D eigenvalue weighted by Crippen LogP contribution is -2.06. The van der Waals surface area contributed by atoms with Crippen LogP contribution >= 0.6 is 11.6 Å². The van der Waals surface area contributed by atoms with Crippen LogP contribution in [0.25, 0.3) is 11.1 Å². The van der Waals surface area contributed by atoms with Gasteiger partial charge in [-0.1, -0.05) is 41.4 Å². The molecule has 0 unspecified atom stereocenters. The molecule has 1 heterocycles. The molecular formula is C19H15ClN4O2S. The summed E-state index contributed by atoms with van der Waals surface area (Å²) in [4.78, 5) is -0.340. The quantitative estimate of drug-likeness (QED) is 0.624. The Bertz CT molecular complexity index is 1130. The number of anilines is 1. The van der Waals surface area contributed by atoms with Crippen LogP contribution in [0, 0.1) is 18.3 Å². The minimum atomic E-state index is -3.92. The molecule has 6 nitrogen and oxygen atoms in total. The van der Waals surface area contributed by atoms with Crippen molar-refractivity contribution in [1.82, 2.24) is 10.2 Å².